The molecule has 1 saturated heterocycles. The maximum Gasteiger partial charge on any atom is 0.335 e. The molecule has 2 atom stereocenters. The van der Waals surface area contributed by atoms with Crippen molar-refractivity contribution in [3.63, 3.8) is 0 Å². The van der Waals surface area contributed by atoms with Crippen LogP contribution in [-0.4, -0.2) is 29.3 Å². The van der Waals surface area contributed by atoms with E-state index < -0.39 is 11.6 Å². The molecule has 2 unspecified atom stereocenters. The molecule has 11 heavy (non-hydrogen) atoms. The highest BCUT2D eigenvalue weighted by Crippen LogP contribution is 2.23. The van der Waals surface area contributed by atoms with Crippen LogP contribution in [0.5, 0.6) is 0 Å². The van der Waals surface area contributed by atoms with Crippen molar-refractivity contribution in [1.82, 2.24) is 0 Å². The van der Waals surface area contributed by atoms with Gasteiger partial charge in [-0.15, -0.1) is 0 Å². The Kier molecular flexibility index (Phi) is 2.15. The average molecular weight is 159 g/mol. The number of ether oxygens (including phenoxy) is 1. The van der Waals surface area contributed by atoms with Gasteiger partial charge in [0.1, 0.15) is 0 Å². The second-order valence-corrected chi connectivity index (χ2v) is 3.14. The minimum atomic E-state index is -1.06. The van der Waals surface area contributed by atoms with Gasteiger partial charge < -0.3 is 15.6 Å². The quantitative estimate of drug-likeness (QED) is 0.563. The Labute approximate surface area is 65.3 Å². The fourth-order valence-corrected chi connectivity index (χ4v) is 1.25. The lowest BCUT2D eigenvalue weighted by Gasteiger charge is -2.32. The van der Waals surface area contributed by atoms with E-state index in [9.17, 15) is 4.79 Å². The fourth-order valence-electron chi connectivity index (χ4n) is 1.25. The van der Waals surface area contributed by atoms with Crippen molar-refractivity contribution in [3.8, 4) is 0 Å². The molecule has 3 N–H and O–H groups in total. The molecule has 0 aliphatic carbocycles. The number of rotatable bonds is 1. The predicted octanol–water partition coefficient (Wildman–Crippen LogP) is -0.0326. The highest BCUT2D eigenvalue weighted by molar-refractivity contribution is 5.77. The van der Waals surface area contributed by atoms with Crippen LogP contribution in [0.4, 0.5) is 0 Å². The summed E-state index contributed by atoms with van der Waals surface area (Å²) in [4.78, 5) is 10.6. The van der Waals surface area contributed by atoms with Crippen LogP contribution in [0, 0.1) is 0 Å². The van der Waals surface area contributed by atoms with E-state index in [1.54, 1.807) is 6.92 Å². The zero-order valence-corrected chi connectivity index (χ0v) is 6.54. The van der Waals surface area contributed by atoms with Crippen molar-refractivity contribution in [2.24, 2.45) is 5.73 Å². The topological polar surface area (TPSA) is 72.5 Å². The minimum Gasteiger partial charge on any atom is -0.479 e. The van der Waals surface area contributed by atoms with E-state index in [1.165, 1.54) is 0 Å². The molecule has 4 nitrogen and oxygen atoms in total. The van der Waals surface area contributed by atoms with Crippen molar-refractivity contribution in [2.75, 3.05) is 6.61 Å². The first-order valence-electron chi connectivity index (χ1n) is 3.67. The normalized spacial score (nSPS) is 38.5. The molecule has 64 valence electrons. The minimum absolute atomic E-state index is 0.0372. The first-order valence-corrected chi connectivity index (χ1v) is 3.67. The Bertz CT molecular complexity index is 171. The third-order valence-corrected chi connectivity index (χ3v) is 2.01. The van der Waals surface area contributed by atoms with Crippen LogP contribution in [-0.2, 0) is 9.53 Å². The second-order valence-electron chi connectivity index (χ2n) is 3.14. The van der Waals surface area contributed by atoms with E-state index in [2.05, 4.69) is 0 Å². The van der Waals surface area contributed by atoms with Gasteiger partial charge in [0.05, 0.1) is 0 Å². The molecule has 0 saturated carbocycles. The molecular weight excluding hydrogens is 146 g/mol. The Morgan fingerprint density at radius 2 is 2.45 bits per heavy atom. The third-order valence-electron chi connectivity index (χ3n) is 2.01. The maximum absolute atomic E-state index is 10.6. The SMILES string of the molecule is CC1(C(=O)O)CC(N)CCO1. The van der Waals surface area contributed by atoms with Crippen molar-refractivity contribution in [2.45, 2.75) is 31.4 Å². The van der Waals surface area contributed by atoms with Crippen molar-refractivity contribution in [3.05, 3.63) is 0 Å². The molecule has 0 bridgehead atoms. The van der Waals surface area contributed by atoms with E-state index in [1.807, 2.05) is 0 Å². The van der Waals surface area contributed by atoms with Crippen LogP contribution in [0.15, 0.2) is 0 Å². The Morgan fingerprint density at radius 1 is 1.82 bits per heavy atom. The van der Waals surface area contributed by atoms with Crippen molar-refractivity contribution in [1.29, 1.82) is 0 Å². The summed E-state index contributed by atoms with van der Waals surface area (Å²) in [5.74, 6) is -0.923. The molecule has 0 radical (unpaired) electrons. The highest BCUT2D eigenvalue weighted by Gasteiger charge is 2.38. The zero-order chi connectivity index (χ0) is 8.48. The lowest BCUT2D eigenvalue weighted by atomic mass is 9.93. The number of hydrogen-bond acceptors (Lipinski definition) is 3. The molecule has 0 spiro atoms. The molecule has 0 aromatic rings. The summed E-state index contributed by atoms with van der Waals surface area (Å²) in [5, 5.41) is 8.73. The molecule has 0 aromatic heterocycles. The number of carboxylic acid groups (broad SMARTS) is 1. The highest BCUT2D eigenvalue weighted by atomic mass is 16.5. The lowest BCUT2D eigenvalue weighted by molar-refractivity contribution is -0.170. The van der Waals surface area contributed by atoms with Gasteiger partial charge in [-0.05, 0) is 13.3 Å². The van der Waals surface area contributed by atoms with E-state index in [0.29, 0.717) is 13.0 Å². The Hall–Kier alpha value is -0.610. The van der Waals surface area contributed by atoms with Crippen LogP contribution in [0.3, 0.4) is 0 Å². The molecule has 0 aromatic carbocycles. The van der Waals surface area contributed by atoms with Gasteiger partial charge in [0.25, 0.3) is 0 Å². The number of nitrogens with two attached hydrogens (primary N) is 1. The summed E-state index contributed by atoms with van der Waals surface area (Å²) < 4.78 is 5.12. The molecule has 0 amide bonds. The van der Waals surface area contributed by atoms with Gasteiger partial charge in [-0.25, -0.2) is 4.79 Å². The number of carboxylic acids is 1. The number of aliphatic carboxylic acids is 1. The summed E-state index contributed by atoms with van der Waals surface area (Å²) in [7, 11) is 0. The van der Waals surface area contributed by atoms with Crippen LogP contribution < -0.4 is 5.73 Å². The van der Waals surface area contributed by atoms with Crippen molar-refractivity contribution < 1.29 is 14.6 Å². The third kappa shape index (κ3) is 1.70. The molecule has 1 rings (SSSR count). The average Bonchev–Trinajstić information content (AvgIpc) is 1.86. The molecule has 1 aliphatic heterocycles. The predicted molar refractivity (Wildman–Crippen MR) is 39.2 cm³/mol. The van der Waals surface area contributed by atoms with Gasteiger partial charge in [-0.2, -0.15) is 0 Å². The van der Waals surface area contributed by atoms with Gasteiger partial charge in [-0.3, -0.25) is 0 Å². The van der Waals surface area contributed by atoms with Crippen molar-refractivity contribution >= 4 is 5.97 Å². The molecule has 4 heteroatoms. The lowest BCUT2D eigenvalue weighted by Crippen LogP contribution is -2.48. The summed E-state index contributed by atoms with van der Waals surface area (Å²) >= 11 is 0. The van der Waals surface area contributed by atoms with E-state index in [-0.39, 0.29) is 6.04 Å². The number of carbonyl (C=O) groups is 1. The largest absolute Gasteiger partial charge is 0.479 e. The summed E-state index contributed by atoms with van der Waals surface area (Å²) in [5.41, 5.74) is 4.55. The summed E-state index contributed by atoms with van der Waals surface area (Å²) in [6.07, 6.45) is 1.16. The van der Waals surface area contributed by atoms with Gasteiger partial charge in [0.2, 0.25) is 0 Å². The molecule has 1 aliphatic rings. The molecular formula is C7H13NO3. The van der Waals surface area contributed by atoms with Gasteiger partial charge in [0.15, 0.2) is 5.60 Å². The summed E-state index contributed by atoms with van der Waals surface area (Å²) in [6, 6.07) is -0.0372. The smallest absolute Gasteiger partial charge is 0.335 e. The van der Waals surface area contributed by atoms with Gasteiger partial charge in [0, 0.05) is 19.1 Å². The standard InChI is InChI=1S/C7H13NO3/c1-7(6(9)10)4-5(8)2-3-11-7/h5H,2-4,8H2,1H3,(H,9,10). The Balaban J connectivity index is 2.63. The number of hydrogen-bond donors (Lipinski definition) is 2. The van der Waals surface area contributed by atoms with Gasteiger partial charge in [-0.1, -0.05) is 0 Å². The first-order chi connectivity index (χ1) is 5.04. The second kappa shape index (κ2) is 2.79. The molecule has 1 heterocycles. The van der Waals surface area contributed by atoms with E-state index in [4.69, 9.17) is 15.6 Å². The van der Waals surface area contributed by atoms with Crippen LogP contribution >= 0.6 is 0 Å². The first kappa shape index (κ1) is 8.49. The van der Waals surface area contributed by atoms with Crippen LogP contribution in [0.1, 0.15) is 19.8 Å². The monoisotopic (exact) mass is 159 g/mol. The fraction of sp³-hybridized carbons (Fsp3) is 0.857. The van der Waals surface area contributed by atoms with Crippen LogP contribution in [0.25, 0.3) is 0 Å². The maximum atomic E-state index is 10.6. The van der Waals surface area contributed by atoms with Gasteiger partial charge >= 0.3 is 5.97 Å². The Morgan fingerprint density at radius 3 is 2.82 bits per heavy atom. The summed E-state index contributed by atoms with van der Waals surface area (Å²) in [6.45, 7) is 2.01. The van der Waals surface area contributed by atoms with Crippen LogP contribution in [0.2, 0.25) is 0 Å². The van der Waals surface area contributed by atoms with E-state index in [0.717, 1.165) is 6.42 Å². The molecule has 1 fully saturated rings. The van der Waals surface area contributed by atoms with E-state index >= 15 is 0 Å². The zero-order valence-electron chi connectivity index (χ0n) is 6.54.